The fourth-order valence-corrected chi connectivity index (χ4v) is 2.53. The van der Waals surface area contributed by atoms with Crippen LogP contribution in [0.3, 0.4) is 0 Å². The monoisotopic (exact) mass is 290 g/mol. The minimum Gasteiger partial charge on any atom is -0.331 e. The molecule has 0 aliphatic carbocycles. The van der Waals surface area contributed by atoms with Crippen molar-refractivity contribution < 1.29 is 8.78 Å². The van der Waals surface area contributed by atoms with Crippen molar-refractivity contribution in [2.24, 2.45) is 0 Å². The Balaban J connectivity index is 2.18. The summed E-state index contributed by atoms with van der Waals surface area (Å²) in [7, 11) is 0. The highest BCUT2D eigenvalue weighted by Gasteiger charge is 2.12. The second-order valence-corrected chi connectivity index (χ2v) is 5.12. The third-order valence-corrected chi connectivity index (χ3v) is 3.63. The molecule has 1 N–H and O–H groups in total. The third kappa shape index (κ3) is 2.14. The summed E-state index contributed by atoms with van der Waals surface area (Å²) in [5, 5.41) is 0. The normalized spacial score (nSPS) is 11.2. The van der Waals surface area contributed by atoms with E-state index in [-0.39, 0.29) is 12.1 Å². The van der Waals surface area contributed by atoms with Crippen molar-refractivity contribution in [1.29, 1.82) is 0 Å². The van der Waals surface area contributed by atoms with Crippen molar-refractivity contribution in [1.82, 2.24) is 9.55 Å². The summed E-state index contributed by atoms with van der Waals surface area (Å²) in [4.78, 5) is 3.05. The molecule has 2 nitrogen and oxygen atoms in total. The smallest absolute Gasteiger partial charge is 0.178 e. The number of aromatic amines is 1. The zero-order valence-electron chi connectivity index (χ0n) is 10.8. The molecule has 0 saturated carbocycles. The number of nitrogens with one attached hydrogen (secondary N) is 1. The van der Waals surface area contributed by atoms with Crippen LogP contribution in [-0.2, 0) is 6.54 Å². The highest BCUT2D eigenvalue weighted by molar-refractivity contribution is 7.71. The van der Waals surface area contributed by atoms with Gasteiger partial charge in [0.05, 0.1) is 17.6 Å². The van der Waals surface area contributed by atoms with Gasteiger partial charge in [0, 0.05) is 5.56 Å². The average Bonchev–Trinajstić information content (AvgIpc) is 2.70. The molecule has 5 heteroatoms. The first-order valence-corrected chi connectivity index (χ1v) is 6.59. The van der Waals surface area contributed by atoms with Gasteiger partial charge in [-0.2, -0.15) is 0 Å². The summed E-state index contributed by atoms with van der Waals surface area (Å²) in [5.74, 6) is -1.12. The largest absolute Gasteiger partial charge is 0.331 e. The van der Waals surface area contributed by atoms with Gasteiger partial charge in [0.15, 0.2) is 4.77 Å². The first kappa shape index (κ1) is 13.0. The molecule has 0 unspecified atom stereocenters. The van der Waals surface area contributed by atoms with Gasteiger partial charge in [0.2, 0.25) is 0 Å². The Morgan fingerprint density at radius 3 is 2.55 bits per heavy atom. The maximum Gasteiger partial charge on any atom is 0.178 e. The Labute approximate surface area is 119 Å². The van der Waals surface area contributed by atoms with Gasteiger partial charge >= 0.3 is 0 Å². The van der Waals surface area contributed by atoms with Crippen LogP contribution >= 0.6 is 12.2 Å². The lowest BCUT2D eigenvalue weighted by molar-refractivity contribution is 0.546. The lowest BCUT2D eigenvalue weighted by Gasteiger charge is -2.07. The lowest BCUT2D eigenvalue weighted by Crippen LogP contribution is -2.04. The number of H-pyrrole nitrogens is 1. The molecule has 0 amide bonds. The zero-order chi connectivity index (χ0) is 14.3. The van der Waals surface area contributed by atoms with Crippen LogP contribution in [-0.4, -0.2) is 9.55 Å². The second-order valence-electron chi connectivity index (χ2n) is 4.74. The van der Waals surface area contributed by atoms with Crippen molar-refractivity contribution in [2.75, 3.05) is 0 Å². The molecule has 0 fully saturated rings. The predicted molar refractivity (Wildman–Crippen MR) is 77.3 cm³/mol. The summed E-state index contributed by atoms with van der Waals surface area (Å²) in [5.41, 5.74) is 2.79. The summed E-state index contributed by atoms with van der Waals surface area (Å²) in [6.07, 6.45) is 0. The van der Waals surface area contributed by atoms with Gasteiger partial charge in [-0.1, -0.05) is 12.1 Å². The average molecular weight is 290 g/mol. The summed E-state index contributed by atoms with van der Waals surface area (Å²) in [6.45, 7) is 2.03. The van der Waals surface area contributed by atoms with E-state index in [1.165, 1.54) is 18.2 Å². The van der Waals surface area contributed by atoms with Gasteiger partial charge in [-0.3, -0.25) is 0 Å². The van der Waals surface area contributed by atoms with E-state index in [9.17, 15) is 8.78 Å². The van der Waals surface area contributed by atoms with Crippen molar-refractivity contribution in [3.05, 3.63) is 63.9 Å². The van der Waals surface area contributed by atoms with E-state index in [0.29, 0.717) is 4.77 Å². The van der Waals surface area contributed by atoms with Gasteiger partial charge in [0.1, 0.15) is 11.6 Å². The fraction of sp³-hybridized carbons (Fsp3) is 0.133. The maximum atomic E-state index is 13.8. The van der Waals surface area contributed by atoms with E-state index < -0.39 is 11.6 Å². The number of aromatic nitrogens is 2. The molecule has 0 saturated heterocycles. The molecular weight excluding hydrogens is 278 g/mol. The van der Waals surface area contributed by atoms with Crippen LogP contribution in [0.5, 0.6) is 0 Å². The Kier molecular flexibility index (Phi) is 3.14. The van der Waals surface area contributed by atoms with Crippen molar-refractivity contribution in [3.63, 3.8) is 0 Å². The van der Waals surface area contributed by atoms with Gasteiger partial charge < -0.3 is 9.55 Å². The second kappa shape index (κ2) is 4.83. The van der Waals surface area contributed by atoms with Gasteiger partial charge in [0.25, 0.3) is 0 Å². The number of imidazole rings is 1. The van der Waals surface area contributed by atoms with E-state index in [4.69, 9.17) is 12.2 Å². The number of nitrogens with zero attached hydrogens (tertiary/aromatic N) is 1. The van der Waals surface area contributed by atoms with Gasteiger partial charge in [-0.05, 0) is 49.0 Å². The summed E-state index contributed by atoms with van der Waals surface area (Å²) >= 11 is 5.24. The highest BCUT2D eigenvalue weighted by Crippen LogP contribution is 2.20. The van der Waals surface area contributed by atoms with Crippen LogP contribution < -0.4 is 0 Å². The van der Waals surface area contributed by atoms with Crippen LogP contribution in [0.15, 0.2) is 36.4 Å². The van der Waals surface area contributed by atoms with Crippen molar-refractivity contribution >= 4 is 23.3 Å². The summed E-state index contributed by atoms with van der Waals surface area (Å²) < 4.78 is 29.7. The Morgan fingerprint density at radius 2 is 1.85 bits per heavy atom. The first-order chi connectivity index (χ1) is 9.56. The minimum absolute atomic E-state index is 0.0195. The quantitative estimate of drug-likeness (QED) is 0.697. The SMILES string of the molecule is Cc1ccc2[nH]c(=S)n(Cc3c(F)cccc3F)c2c1. The number of benzene rings is 2. The molecular formula is C15H12F2N2S. The molecule has 0 spiro atoms. The number of hydrogen-bond acceptors (Lipinski definition) is 1. The van der Waals surface area contributed by atoms with E-state index in [0.717, 1.165) is 16.6 Å². The molecule has 3 rings (SSSR count). The molecule has 1 aromatic heterocycles. The summed E-state index contributed by atoms with van der Waals surface area (Å²) in [6, 6.07) is 9.67. The van der Waals surface area contributed by atoms with Crippen LogP contribution in [0.2, 0.25) is 0 Å². The molecule has 2 aromatic carbocycles. The minimum atomic E-state index is -0.561. The number of halogens is 2. The van der Waals surface area contributed by atoms with Crippen LogP contribution in [0.4, 0.5) is 8.78 Å². The molecule has 0 bridgehead atoms. The number of fused-ring (bicyclic) bond motifs is 1. The van der Waals surface area contributed by atoms with Crippen LogP contribution in [0, 0.1) is 23.3 Å². The predicted octanol–water partition coefficient (Wildman–Crippen LogP) is 4.33. The van der Waals surface area contributed by atoms with Crippen LogP contribution in [0.1, 0.15) is 11.1 Å². The van der Waals surface area contributed by atoms with Crippen molar-refractivity contribution in [3.8, 4) is 0 Å². The first-order valence-electron chi connectivity index (χ1n) is 6.18. The lowest BCUT2D eigenvalue weighted by atomic mass is 10.2. The Hall–Kier alpha value is -2.01. The highest BCUT2D eigenvalue weighted by atomic mass is 32.1. The molecule has 3 aromatic rings. The topological polar surface area (TPSA) is 20.7 Å². The van der Waals surface area contributed by atoms with Crippen LogP contribution in [0.25, 0.3) is 11.0 Å². The molecule has 1 heterocycles. The molecule has 0 radical (unpaired) electrons. The molecule has 0 aliphatic rings. The zero-order valence-corrected chi connectivity index (χ0v) is 11.6. The molecule has 102 valence electrons. The number of aryl methyl sites for hydroxylation is 1. The molecule has 0 aliphatic heterocycles. The number of rotatable bonds is 2. The van der Waals surface area contributed by atoms with Gasteiger partial charge in [-0.15, -0.1) is 0 Å². The van der Waals surface area contributed by atoms with Gasteiger partial charge in [-0.25, -0.2) is 8.78 Å². The Morgan fingerprint density at radius 1 is 1.15 bits per heavy atom. The van der Waals surface area contributed by atoms with E-state index in [1.54, 1.807) is 4.57 Å². The van der Waals surface area contributed by atoms with E-state index in [1.807, 2.05) is 25.1 Å². The van der Waals surface area contributed by atoms with E-state index >= 15 is 0 Å². The molecule has 0 atom stereocenters. The number of hydrogen-bond donors (Lipinski definition) is 1. The standard InChI is InChI=1S/C15H12F2N2S/c1-9-5-6-13-14(7-9)19(15(20)18-13)8-10-11(16)3-2-4-12(10)17/h2-7H,8H2,1H3,(H,18,20). The Bertz CT molecular complexity index is 828. The van der Waals surface area contributed by atoms with E-state index in [2.05, 4.69) is 4.98 Å². The third-order valence-electron chi connectivity index (χ3n) is 3.31. The maximum absolute atomic E-state index is 13.8. The molecule has 20 heavy (non-hydrogen) atoms. The fourth-order valence-electron chi connectivity index (χ4n) is 2.26. The van der Waals surface area contributed by atoms with Crippen molar-refractivity contribution in [2.45, 2.75) is 13.5 Å².